The molecule has 0 atom stereocenters. The van der Waals surface area contributed by atoms with Crippen molar-refractivity contribution in [3.05, 3.63) is 35.4 Å². The summed E-state index contributed by atoms with van der Waals surface area (Å²) >= 11 is 1.14. The van der Waals surface area contributed by atoms with E-state index >= 15 is 0 Å². The third-order valence-corrected chi connectivity index (χ3v) is 3.06. The Morgan fingerprint density at radius 2 is 2.05 bits per heavy atom. The number of carboxylic acid groups (broad SMARTS) is 2. The SMILES string of the molecule is Cc1nsc(-n2cccc2C=C(C(=O)O)C(=O)O)n1. The number of rotatable bonds is 4. The van der Waals surface area contributed by atoms with Crippen LogP contribution >= 0.6 is 11.5 Å². The Morgan fingerprint density at radius 3 is 2.58 bits per heavy atom. The van der Waals surface area contributed by atoms with E-state index in [9.17, 15) is 9.59 Å². The summed E-state index contributed by atoms with van der Waals surface area (Å²) in [7, 11) is 0. The van der Waals surface area contributed by atoms with E-state index in [4.69, 9.17) is 10.2 Å². The van der Waals surface area contributed by atoms with Crippen LogP contribution in [0, 0.1) is 6.92 Å². The molecule has 0 spiro atoms. The van der Waals surface area contributed by atoms with Crippen molar-refractivity contribution in [2.45, 2.75) is 6.92 Å². The van der Waals surface area contributed by atoms with Gasteiger partial charge in [-0.05, 0) is 25.1 Å². The van der Waals surface area contributed by atoms with Crippen LogP contribution in [0.1, 0.15) is 11.5 Å². The first-order valence-electron chi connectivity index (χ1n) is 5.15. The molecular weight excluding hydrogens is 270 g/mol. The molecule has 2 N–H and O–H groups in total. The summed E-state index contributed by atoms with van der Waals surface area (Å²) in [5.74, 6) is -2.39. The van der Waals surface area contributed by atoms with E-state index in [2.05, 4.69) is 9.36 Å². The van der Waals surface area contributed by atoms with Gasteiger partial charge in [-0.1, -0.05) is 0 Å². The summed E-state index contributed by atoms with van der Waals surface area (Å²) in [5.41, 5.74) is -0.294. The highest BCUT2D eigenvalue weighted by molar-refractivity contribution is 7.08. The monoisotopic (exact) mass is 279 g/mol. The number of nitrogens with zero attached hydrogens (tertiary/aromatic N) is 3. The van der Waals surface area contributed by atoms with Gasteiger partial charge in [-0.3, -0.25) is 4.57 Å². The second kappa shape index (κ2) is 5.02. The van der Waals surface area contributed by atoms with Crippen molar-refractivity contribution in [2.24, 2.45) is 0 Å². The molecule has 0 aromatic carbocycles. The first kappa shape index (κ1) is 13.0. The van der Waals surface area contributed by atoms with Crippen molar-refractivity contribution in [3.63, 3.8) is 0 Å². The zero-order valence-electron chi connectivity index (χ0n) is 9.77. The van der Waals surface area contributed by atoms with Gasteiger partial charge in [0.25, 0.3) is 0 Å². The van der Waals surface area contributed by atoms with Crippen LogP contribution in [-0.2, 0) is 9.59 Å². The summed E-state index contributed by atoms with van der Waals surface area (Å²) in [6.07, 6.45) is 2.74. The topological polar surface area (TPSA) is 105 Å². The van der Waals surface area contributed by atoms with E-state index in [1.165, 1.54) is 0 Å². The molecule has 19 heavy (non-hydrogen) atoms. The van der Waals surface area contributed by atoms with Gasteiger partial charge in [0, 0.05) is 23.4 Å². The highest BCUT2D eigenvalue weighted by Gasteiger charge is 2.17. The van der Waals surface area contributed by atoms with Crippen molar-refractivity contribution in [2.75, 3.05) is 0 Å². The largest absolute Gasteiger partial charge is 0.477 e. The average molecular weight is 279 g/mol. The molecular formula is C11H9N3O4S. The van der Waals surface area contributed by atoms with Crippen LogP contribution in [0.3, 0.4) is 0 Å². The molecule has 0 aliphatic heterocycles. The summed E-state index contributed by atoms with van der Waals surface area (Å²) < 4.78 is 5.60. The molecule has 8 heteroatoms. The molecule has 2 aromatic rings. The Kier molecular flexibility index (Phi) is 3.43. The zero-order valence-corrected chi connectivity index (χ0v) is 10.6. The Hall–Kier alpha value is -2.48. The van der Waals surface area contributed by atoms with Crippen LogP contribution < -0.4 is 0 Å². The van der Waals surface area contributed by atoms with Crippen LogP contribution in [0.4, 0.5) is 0 Å². The van der Waals surface area contributed by atoms with Crippen molar-refractivity contribution >= 4 is 29.5 Å². The van der Waals surface area contributed by atoms with Crippen LogP contribution in [0.2, 0.25) is 0 Å². The highest BCUT2D eigenvalue weighted by atomic mass is 32.1. The number of carbonyl (C=O) groups is 2. The summed E-state index contributed by atoms with van der Waals surface area (Å²) in [6, 6.07) is 3.27. The lowest BCUT2D eigenvalue weighted by Crippen LogP contribution is -2.11. The van der Waals surface area contributed by atoms with Crippen molar-refractivity contribution < 1.29 is 19.8 Å². The minimum absolute atomic E-state index is 0.413. The second-order valence-corrected chi connectivity index (χ2v) is 4.33. The van der Waals surface area contributed by atoms with Crippen molar-refractivity contribution in [3.8, 4) is 5.13 Å². The molecule has 0 saturated carbocycles. The van der Waals surface area contributed by atoms with Crippen LogP contribution in [0.5, 0.6) is 0 Å². The standard InChI is InChI=1S/C11H9N3O4S/c1-6-12-11(19-13-6)14-4-2-3-7(14)5-8(9(15)16)10(17)18/h2-5H,1H3,(H,15,16)(H,17,18). The average Bonchev–Trinajstić information content (AvgIpc) is 2.93. The molecule has 0 radical (unpaired) electrons. The van der Waals surface area contributed by atoms with E-state index in [1.54, 1.807) is 29.8 Å². The molecule has 0 aliphatic carbocycles. The molecule has 0 bridgehead atoms. The van der Waals surface area contributed by atoms with Gasteiger partial charge in [-0.2, -0.15) is 4.37 Å². The lowest BCUT2D eigenvalue weighted by molar-refractivity contribution is -0.140. The quantitative estimate of drug-likeness (QED) is 0.495. The zero-order chi connectivity index (χ0) is 14.0. The van der Waals surface area contributed by atoms with Gasteiger partial charge in [-0.15, -0.1) is 0 Å². The molecule has 0 unspecified atom stereocenters. The molecule has 0 fully saturated rings. The normalized spacial score (nSPS) is 10.2. The van der Waals surface area contributed by atoms with Gasteiger partial charge in [0.05, 0.1) is 0 Å². The molecule has 7 nitrogen and oxygen atoms in total. The molecule has 0 amide bonds. The molecule has 2 rings (SSSR count). The van der Waals surface area contributed by atoms with E-state index < -0.39 is 17.5 Å². The lowest BCUT2D eigenvalue weighted by atomic mass is 10.2. The van der Waals surface area contributed by atoms with E-state index in [1.807, 2.05) is 0 Å². The van der Waals surface area contributed by atoms with Gasteiger partial charge in [0.2, 0.25) is 5.13 Å². The summed E-state index contributed by atoms with van der Waals surface area (Å²) in [6.45, 7) is 1.74. The van der Waals surface area contributed by atoms with Crippen LogP contribution in [0.25, 0.3) is 11.2 Å². The maximum atomic E-state index is 10.8. The maximum Gasteiger partial charge on any atom is 0.343 e. The second-order valence-electron chi connectivity index (χ2n) is 3.60. The fourth-order valence-corrected chi connectivity index (χ4v) is 2.11. The van der Waals surface area contributed by atoms with E-state index in [0.717, 1.165) is 17.6 Å². The lowest BCUT2D eigenvalue weighted by Gasteiger charge is -2.01. The van der Waals surface area contributed by atoms with Crippen molar-refractivity contribution in [1.29, 1.82) is 0 Å². The first-order valence-corrected chi connectivity index (χ1v) is 5.92. The smallest absolute Gasteiger partial charge is 0.343 e. The Morgan fingerprint density at radius 1 is 1.37 bits per heavy atom. The number of carboxylic acids is 2. The van der Waals surface area contributed by atoms with Gasteiger partial charge >= 0.3 is 11.9 Å². The predicted molar refractivity (Wildman–Crippen MR) is 67.2 cm³/mol. The van der Waals surface area contributed by atoms with Gasteiger partial charge < -0.3 is 10.2 Å². The summed E-state index contributed by atoms with van der Waals surface area (Å²) in [4.78, 5) is 25.8. The molecule has 0 saturated heterocycles. The predicted octanol–water partition coefficient (Wildman–Crippen LogP) is 1.19. The fourth-order valence-electron chi connectivity index (χ4n) is 1.43. The molecule has 2 aromatic heterocycles. The van der Waals surface area contributed by atoms with Crippen LogP contribution in [0.15, 0.2) is 23.9 Å². The number of aromatic nitrogens is 3. The number of hydrogen-bond donors (Lipinski definition) is 2. The number of aliphatic carboxylic acids is 2. The van der Waals surface area contributed by atoms with Gasteiger partial charge in [0.1, 0.15) is 11.4 Å². The minimum atomic E-state index is -1.49. The minimum Gasteiger partial charge on any atom is -0.477 e. The maximum absolute atomic E-state index is 10.8. The van der Waals surface area contributed by atoms with E-state index in [0.29, 0.717) is 16.6 Å². The third-order valence-electron chi connectivity index (χ3n) is 2.26. The fraction of sp³-hybridized carbons (Fsp3) is 0.0909. The van der Waals surface area contributed by atoms with Crippen LogP contribution in [-0.4, -0.2) is 36.1 Å². The summed E-state index contributed by atoms with van der Waals surface area (Å²) in [5, 5.41) is 18.2. The Labute approximate surface area is 111 Å². The highest BCUT2D eigenvalue weighted by Crippen LogP contribution is 2.17. The number of hydrogen-bond acceptors (Lipinski definition) is 5. The molecule has 2 heterocycles. The van der Waals surface area contributed by atoms with Gasteiger partial charge in [-0.25, -0.2) is 14.6 Å². The first-order chi connectivity index (χ1) is 8.99. The Bertz CT molecular complexity index is 655. The Balaban J connectivity index is 2.48. The van der Waals surface area contributed by atoms with Crippen molar-refractivity contribution in [1.82, 2.24) is 13.9 Å². The third kappa shape index (κ3) is 2.68. The number of aryl methyl sites for hydroxylation is 1. The molecule has 0 aliphatic rings. The molecule has 98 valence electrons. The van der Waals surface area contributed by atoms with Gasteiger partial charge in [0.15, 0.2) is 0 Å². The van der Waals surface area contributed by atoms with E-state index in [-0.39, 0.29) is 0 Å².